The summed E-state index contributed by atoms with van der Waals surface area (Å²) in [5.41, 5.74) is 0.676. The van der Waals surface area contributed by atoms with E-state index in [-0.39, 0.29) is 22.2 Å². The van der Waals surface area contributed by atoms with Crippen LogP contribution in [0.1, 0.15) is 6.92 Å². The molecule has 150 valence electrons. The van der Waals surface area contributed by atoms with Gasteiger partial charge >= 0.3 is 0 Å². The predicted octanol–water partition coefficient (Wildman–Crippen LogP) is 2.05. The molecule has 2 aromatic carbocycles. The molecule has 0 fully saturated rings. The van der Waals surface area contributed by atoms with Gasteiger partial charge < -0.3 is 15.4 Å². The lowest BCUT2D eigenvalue weighted by molar-refractivity contribution is -0.116. The van der Waals surface area contributed by atoms with Gasteiger partial charge in [-0.25, -0.2) is 12.8 Å². The maximum atomic E-state index is 13.2. The van der Waals surface area contributed by atoms with E-state index in [1.165, 1.54) is 51.4 Å². The zero-order chi connectivity index (χ0) is 20.9. The van der Waals surface area contributed by atoms with Gasteiger partial charge in [-0.1, -0.05) is 0 Å². The van der Waals surface area contributed by atoms with Crippen LogP contribution in [0, 0.1) is 5.82 Å². The average molecular weight is 409 g/mol. The van der Waals surface area contributed by atoms with Crippen LogP contribution in [-0.2, 0) is 19.6 Å². The first kappa shape index (κ1) is 21.3. The number of hydrogen-bond donors (Lipinski definition) is 2. The Balaban J connectivity index is 2.09. The molecule has 2 aromatic rings. The molecular weight excluding hydrogens is 389 g/mol. The van der Waals surface area contributed by atoms with Crippen molar-refractivity contribution in [2.75, 3.05) is 31.3 Å². The SMILES string of the molecule is COc1cc(F)ccc1NC(=O)CN(C)S(=O)(=O)c1ccc(NC(C)=O)cc1. The largest absolute Gasteiger partial charge is 0.494 e. The van der Waals surface area contributed by atoms with Crippen LogP contribution in [-0.4, -0.2) is 45.2 Å². The highest BCUT2D eigenvalue weighted by molar-refractivity contribution is 7.89. The summed E-state index contributed by atoms with van der Waals surface area (Å²) in [5.74, 6) is -1.31. The molecule has 28 heavy (non-hydrogen) atoms. The molecule has 0 atom stereocenters. The van der Waals surface area contributed by atoms with Crippen molar-refractivity contribution in [1.29, 1.82) is 0 Å². The van der Waals surface area contributed by atoms with Crippen molar-refractivity contribution in [1.82, 2.24) is 4.31 Å². The number of hydrogen-bond acceptors (Lipinski definition) is 5. The number of anilines is 2. The van der Waals surface area contributed by atoms with Gasteiger partial charge in [-0.15, -0.1) is 0 Å². The molecule has 2 amide bonds. The normalized spacial score (nSPS) is 11.2. The lowest BCUT2D eigenvalue weighted by atomic mass is 10.3. The maximum Gasteiger partial charge on any atom is 0.243 e. The number of carbonyl (C=O) groups is 2. The Labute approximate surface area is 162 Å². The van der Waals surface area contributed by atoms with Crippen molar-refractivity contribution in [3.8, 4) is 5.75 Å². The van der Waals surface area contributed by atoms with E-state index in [1.807, 2.05) is 0 Å². The molecule has 0 aromatic heterocycles. The van der Waals surface area contributed by atoms with Crippen LogP contribution in [0.5, 0.6) is 5.75 Å². The van der Waals surface area contributed by atoms with Gasteiger partial charge in [-0.3, -0.25) is 9.59 Å². The molecule has 0 saturated heterocycles. The second-order valence-electron chi connectivity index (χ2n) is 5.86. The summed E-state index contributed by atoms with van der Waals surface area (Å²) in [7, 11) is -1.34. The monoisotopic (exact) mass is 409 g/mol. The minimum absolute atomic E-state index is 0.0312. The molecule has 0 unspecified atom stereocenters. The van der Waals surface area contributed by atoms with Gasteiger partial charge in [0.1, 0.15) is 11.6 Å². The fourth-order valence-electron chi connectivity index (χ4n) is 2.34. The molecule has 0 aliphatic rings. The molecule has 0 spiro atoms. The smallest absolute Gasteiger partial charge is 0.243 e. The van der Waals surface area contributed by atoms with E-state index in [2.05, 4.69) is 10.6 Å². The van der Waals surface area contributed by atoms with Gasteiger partial charge in [-0.2, -0.15) is 4.31 Å². The van der Waals surface area contributed by atoms with E-state index in [0.29, 0.717) is 5.69 Å². The van der Waals surface area contributed by atoms with Crippen LogP contribution in [0.25, 0.3) is 0 Å². The summed E-state index contributed by atoms with van der Waals surface area (Å²) in [6.45, 7) is 0.878. The number of nitrogens with zero attached hydrogens (tertiary/aromatic N) is 1. The topological polar surface area (TPSA) is 105 Å². The van der Waals surface area contributed by atoms with E-state index < -0.39 is 28.3 Å². The molecule has 8 nitrogen and oxygen atoms in total. The number of sulfonamides is 1. The fraction of sp³-hybridized carbons (Fsp3) is 0.222. The van der Waals surface area contributed by atoms with E-state index in [1.54, 1.807) is 0 Å². The molecule has 10 heteroatoms. The van der Waals surface area contributed by atoms with E-state index >= 15 is 0 Å². The molecule has 2 N–H and O–H groups in total. The molecule has 0 aliphatic heterocycles. The lowest BCUT2D eigenvalue weighted by Gasteiger charge is -2.18. The quantitative estimate of drug-likeness (QED) is 0.728. The highest BCUT2D eigenvalue weighted by Crippen LogP contribution is 2.25. The Morgan fingerprint density at radius 2 is 1.75 bits per heavy atom. The van der Waals surface area contributed by atoms with E-state index in [0.717, 1.165) is 16.4 Å². The van der Waals surface area contributed by atoms with Crippen LogP contribution in [0.15, 0.2) is 47.4 Å². The van der Waals surface area contributed by atoms with Crippen molar-refractivity contribution in [3.63, 3.8) is 0 Å². The van der Waals surface area contributed by atoms with Crippen LogP contribution < -0.4 is 15.4 Å². The average Bonchev–Trinajstić information content (AvgIpc) is 2.63. The third kappa shape index (κ3) is 5.27. The minimum atomic E-state index is -3.93. The second kappa shape index (κ2) is 8.81. The number of carbonyl (C=O) groups excluding carboxylic acids is 2. The predicted molar refractivity (Wildman–Crippen MR) is 102 cm³/mol. The zero-order valence-electron chi connectivity index (χ0n) is 15.5. The lowest BCUT2D eigenvalue weighted by Crippen LogP contribution is -2.35. The first-order chi connectivity index (χ1) is 13.1. The second-order valence-corrected chi connectivity index (χ2v) is 7.90. The van der Waals surface area contributed by atoms with E-state index in [4.69, 9.17) is 4.74 Å². The molecule has 0 aliphatic carbocycles. The van der Waals surface area contributed by atoms with Crippen molar-refractivity contribution in [2.45, 2.75) is 11.8 Å². The summed E-state index contributed by atoms with van der Waals surface area (Å²) >= 11 is 0. The Hall–Kier alpha value is -2.98. The Morgan fingerprint density at radius 3 is 2.32 bits per heavy atom. The molecule has 0 bridgehead atoms. The number of ether oxygens (including phenoxy) is 1. The number of nitrogens with one attached hydrogen (secondary N) is 2. The Kier molecular flexibility index (Phi) is 6.71. The minimum Gasteiger partial charge on any atom is -0.494 e. The van der Waals surface area contributed by atoms with Crippen LogP contribution in [0.2, 0.25) is 0 Å². The Morgan fingerprint density at radius 1 is 1.11 bits per heavy atom. The Bertz CT molecular complexity index is 977. The highest BCUT2D eigenvalue weighted by Gasteiger charge is 2.23. The maximum absolute atomic E-state index is 13.2. The van der Waals surface area contributed by atoms with Gasteiger partial charge in [0.2, 0.25) is 21.8 Å². The number of likely N-dealkylation sites (N-methyl/N-ethyl adjacent to an activating group) is 1. The third-order valence-electron chi connectivity index (χ3n) is 3.69. The van der Waals surface area contributed by atoms with Gasteiger partial charge in [0.15, 0.2) is 0 Å². The molecular formula is C18H20FN3O5S. The van der Waals surface area contributed by atoms with Crippen molar-refractivity contribution in [3.05, 3.63) is 48.3 Å². The summed E-state index contributed by atoms with van der Waals surface area (Å²) in [6.07, 6.45) is 0. The number of methoxy groups -OCH3 is 1. The van der Waals surface area contributed by atoms with Gasteiger partial charge in [0, 0.05) is 25.7 Å². The molecule has 0 radical (unpaired) electrons. The van der Waals surface area contributed by atoms with Crippen molar-refractivity contribution in [2.24, 2.45) is 0 Å². The first-order valence-corrected chi connectivity index (χ1v) is 9.55. The van der Waals surface area contributed by atoms with Gasteiger partial charge in [0.05, 0.1) is 24.2 Å². The highest BCUT2D eigenvalue weighted by atomic mass is 32.2. The number of benzene rings is 2. The van der Waals surface area contributed by atoms with Gasteiger partial charge in [0.25, 0.3) is 0 Å². The van der Waals surface area contributed by atoms with Crippen molar-refractivity contribution >= 4 is 33.2 Å². The number of rotatable bonds is 7. The summed E-state index contributed by atoms with van der Waals surface area (Å²) in [6, 6.07) is 9.14. The number of halogens is 1. The van der Waals surface area contributed by atoms with Crippen LogP contribution >= 0.6 is 0 Å². The molecule has 2 rings (SSSR count). The third-order valence-corrected chi connectivity index (χ3v) is 5.50. The summed E-state index contributed by atoms with van der Waals surface area (Å²) in [4.78, 5) is 23.2. The fourth-order valence-corrected chi connectivity index (χ4v) is 3.47. The standard InChI is InChI=1S/C18H20FN3O5S/c1-12(23)20-14-5-7-15(8-6-14)28(25,26)22(2)11-18(24)21-16-9-4-13(19)10-17(16)27-3/h4-10H,11H2,1-3H3,(H,20,23)(H,21,24). The van der Waals surface area contributed by atoms with Crippen LogP contribution in [0.4, 0.5) is 15.8 Å². The summed E-state index contributed by atoms with van der Waals surface area (Å²) in [5, 5.41) is 5.03. The molecule has 0 heterocycles. The van der Waals surface area contributed by atoms with E-state index in [9.17, 15) is 22.4 Å². The van der Waals surface area contributed by atoms with Gasteiger partial charge in [-0.05, 0) is 36.4 Å². The van der Waals surface area contributed by atoms with Crippen LogP contribution in [0.3, 0.4) is 0 Å². The number of amides is 2. The first-order valence-electron chi connectivity index (χ1n) is 8.11. The van der Waals surface area contributed by atoms with Crippen molar-refractivity contribution < 1.29 is 27.1 Å². The molecule has 0 saturated carbocycles. The zero-order valence-corrected chi connectivity index (χ0v) is 16.3. The summed E-state index contributed by atoms with van der Waals surface area (Å²) < 4.78 is 44.3.